The van der Waals surface area contributed by atoms with Crippen LogP contribution < -0.4 is 5.32 Å². The quantitative estimate of drug-likeness (QED) is 0.911. The van der Waals surface area contributed by atoms with Crippen LogP contribution in [0.1, 0.15) is 36.8 Å². The lowest BCUT2D eigenvalue weighted by molar-refractivity contribution is -0.104. The highest BCUT2D eigenvalue weighted by molar-refractivity contribution is 5.11. The maximum absolute atomic E-state index is 6.01. The average Bonchev–Trinajstić information content (AvgIpc) is 3.01. The molecular formula is C15H23NO3. The summed E-state index contributed by atoms with van der Waals surface area (Å²) in [5.74, 6) is 2.56. The molecule has 2 aliphatic rings. The normalized spacial score (nSPS) is 32.8. The number of aryl methyl sites for hydroxylation is 1. The number of ether oxygens (including phenoxy) is 2. The van der Waals surface area contributed by atoms with Crippen molar-refractivity contribution in [3.63, 3.8) is 0 Å². The molecule has 2 fully saturated rings. The summed E-state index contributed by atoms with van der Waals surface area (Å²) in [4.78, 5) is 0. The van der Waals surface area contributed by atoms with E-state index in [2.05, 4.69) is 11.4 Å². The fourth-order valence-corrected chi connectivity index (χ4v) is 3.44. The second-order valence-corrected chi connectivity index (χ2v) is 5.80. The maximum Gasteiger partial charge on any atom is 0.121 e. The van der Waals surface area contributed by atoms with Crippen LogP contribution in [0, 0.1) is 12.8 Å². The molecule has 2 aliphatic heterocycles. The van der Waals surface area contributed by atoms with Gasteiger partial charge in [-0.1, -0.05) is 0 Å². The number of hydrogen-bond acceptors (Lipinski definition) is 4. The third-order valence-electron chi connectivity index (χ3n) is 4.45. The van der Waals surface area contributed by atoms with Crippen LogP contribution in [0.25, 0.3) is 0 Å². The van der Waals surface area contributed by atoms with Crippen molar-refractivity contribution in [1.29, 1.82) is 0 Å². The minimum absolute atomic E-state index is 0.0420. The Balaban J connectivity index is 1.76. The van der Waals surface area contributed by atoms with Crippen LogP contribution in [-0.4, -0.2) is 32.5 Å². The van der Waals surface area contributed by atoms with Crippen LogP contribution in [0.5, 0.6) is 0 Å². The van der Waals surface area contributed by atoms with E-state index in [0.29, 0.717) is 5.92 Å². The van der Waals surface area contributed by atoms with Crippen molar-refractivity contribution in [1.82, 2.24) is 5.32 Å². The fraction of sp³-hybridized carbons (Fsp3) is 0.733. The Hall–Kier alpha value is -0.840. The van der Waals surface area contributed by atoms with Gasteiger partial charge >= 0.3 is 0 Å². The first-order valence-electron chi connectivity index (χ1n) is 7.18. The molecule has 3 atom stereocenters. The zero-order valence-corrected chi connectivity index (χ0v) is 11.8. The first-order valence-corrected chi connectivity index (χ1v) is 7.18. The van der Waals surface area contributed by atoms with Crippen molar-refractivity contribution in [3.8, 4) is 0 Å². The van der Waals surface area contributed by atoms with Gasteiger partial charge in [-0.2, -0.15) is 0 Å². The predicted molar refractivity (Wildman–Crippen MR) is 72.1 cm³/mol. The molecule has 3 rings (SSSR count). The number of furan rings is 1. The summed E-state index contributed by atoms with van der Waals surface area (Å²) >= 11 is 0. The lowest BCUT2D eigenvalue weighted by Gasteiger charge is -2.39. The first-order chi connectivity index (χ1) is 9.22. The number of hydrogen-bond donors (Lipinski definition) is 1. The van der Waals surface area contributed by atoms with E-state index in [-0.39, 0.29) is 11.6 Å². The van der Waals surface area contributed by atoms with E-state index in [4.69, 9.17) is 13.9 Å². The highest BCUT2D eigenvalue weighted by Crippen LogP contribution is 2.41. The van der Waals surface area contributed by atoms with Crippen molar-refractivity contribution < 1.29 is 13.9 Å². The van der Waals surface area contributed by atoms with E-state index in [1.807, 2.05) is 20.0 Å². The van der Waals surface area contributed by atoms with Crippen LogP contribution in [0.15, 0.2) is 16.5 Å². The molecule has 1 aromatic rings. The van der Waals surface area contributed by atoms with Crippen LogP contribution in [0.4, 0.5) is 0 Å². The van der Waals surface area contributed by atoms with Gasteiger partial charge in [0, 0.05) is 19.6 Å². The van der Waals surface area contributed by atoms with Crippen molar-refractivity contribution in [2.45, 2.75) is 37.8 Å². The van der Waals surface area contributed by atoms with Gasteiger partial charge in [0.05, 0.1) is 18.2 Å². The standard InChI is InChI=1S/C15H23NO3/c1-11-3-4-13(19-11)14(16-2)12-5-7-18-15(9-12)6-8-17-10-15/h3-4,12,14,16H,5-10H2,1-2H3. The molecular weight excluding hydrogens is 242 g/mol. The Bertz CT molecular complexity index is 423. The molecule has 0 aliphatic carbocycles. The topological polar surface area (TPSA) is 43.6 Å². The van der Waals surface area contributed by atoms with Crippen LogP contribution in [-0.2, 0) is 9.47 Å². The van der Waals surface area contributed by atoms with Gasteiger partial charge in [0.1, 0.15) is 11.5 Å². The Morgan fingerprint density at radius 3 is 2.89 bits per heavy atom. The molecule has 0 aromatic carbocycles. The maximum atomic E-state index is 6.01. The third-order valence-corrected chi connectivity index (χ3v) is 4.45. The molecule has 4 nitrogen and oxygen atoms in total. The summed E-state index contributed by atoms with van der Waals surface area (Å²) in [6.07, 6.45) is 3.16. The van der Waals surface area contributed by atoms with Crippen molar-refractivity contribution >= 4 is 0 Å². The molecule has 0 amide bonds. The van der Waals surface area contributed by atoms with Crippen molar-refractivity contribution in [2.24, 2.45) is 5.92 Å². The largest absolute Gasteiger partial charge is 0.465 e. The molecule has 3 unspecified atom stereocenters. The van der Waals surface area contributed by atoms with E-state index >= 15 is 0 Å². The molecule has 1 aromatic heterocycles. The van der Waals surface area contributed by atoms with Crippen LogP contribution >= 0.6 is 0 Å². The first kappa shape index (κ1) is 13.2. The van der Waals surface area contributed by atoms with E-state index in [1.165, 1.54) is 0 Å². The van der Waals surface area contributed by atoms with Crippen molar-refractivity contribution in [3.05, 3.63) is 23.7 Å². The van der Waals surface area contributed by atoms with Gasteiger partial charge in [-0.05, 0) is 44.9 Å². The minimum Gasteiger partial charge on any atom is -0.465 e. The zero-order chi connectivity index (χ0) is 13.3. The molecule has 4 heteroatoms. The van der Waals surface area contributed by atoms with E-state index in [0.717, 1.165) is 50.6 Å². The average molecular weight is 265 g/mol. The molecule has 19 heavy (non-hydrogen) atoms. The van der Waals surface area contributed by atoms with E-state index in [1.54, 1.807) is 0 Å². The monoisotopic (exact) mass is 265 g/mol. The minimum atomic E-state index is -0.0420. The van der Waals surface area contributed by atoms with Crippen molar-refractivity contribution in [2.75, 3.05) is 26.9 Å². The fourth-order valence-electron chi connectivity index (χ4n) is 3.44. The zero-order valence-electron chi connectivity index (χ0n) is 11.8. The molecule has 0 bridgehead atoms. The molecule has 2 saturated heterocycles. The summed E-state index contributed by atoms with van der Waals surface area (Å²) in [5, 5.41) is 3.42. The SMILES string of the molecule is CNC(c1ccc(C)o1)C1CCOC2(CCOC2)C1. The van der Waals surface area contributed by atoms with Gasteiger partial charge in [-0.3, -0.25) is 0 Å². The Labute approximate surface area is 114 Å². The van der Waals surface area contributed by atoms with E-state index < -0.39 is 0 Å². The van der Waals surface area contributed by atoms with E-state index in [9.17, 15) is 0 Å². The summed E-state index contributed by atoms with van der Waals surface area (Å²) in [7, 11) is 2.01. The highest BCUT2D eigenvalue weighted by Gasteiger charge is 2.43. The second-order valence-electron chi connectivity index (χ2n) is 5.80. The summed E-state index contributed by atoms with van der Waals surface area (Å²) in [6.45, 7) is 4.40. The highest BCUT2D eigenvalue weighted by atomic mass is 16.6. The number of rotatable bonds is 3. The summed E-state index contributed by atoms with van der Waals surface area (Å²) in [5.41, 5.74) is -0.0420. The van der Waals surface area contributed by atoms with Gasteiger partial charge in [-0.25, -0.2) is 0 Å². The molecule has 3 heterocycles. The number of nitrogens with one attached hydrogen (secondary N) is 1. The Morgan fingerprint density at radius 1 is 1.37 bits per heavy atom. The molecule has 1 spiro atoms. The third kappa shape index (κ3) is 2.57. The van der Waals surface area contributed by atoms with Gasteiger partial charge in [-0.15, -0.1) is 0 Å². The lowest BCUT2D eigenvalue weighted by atomic mass is 9.80. The van der Waals surface area contributed by atoms with Gasteiger partial charge in [0.25, 0.3) is 0 Å². The molecule has 1 N–H and O–H groups in total. The Kier molecular flexibility index (Phi) is 3.65. The van der Waals surface area contributed by atoms with Crippen LogP contribution in [0.3, 0.4) is 0 Å². The van der Waals surface area contributed by atoms with Gasteiger partial charge < -0.3 is 19.2 Å². The summed E-state index contributed by atoms with van der Waals surface area (Å²) < 4.78 is 17.4. The predicted octanol–water partition coefficient (Wildman–Crippen LogP) is 2.43. The lowest BCUT2D eigenvalue weighted by Crippen LogP contribution is -2.43. The summed E-state index contributed by atoms with van der Waals surface area (Å²) in [6, 6.07) is 4.40. The van der Waals surface area contributed by atoms with Crippen LogP contribution in [0.2, 0.25) is 0 Å². The molecule has 0 saturated carbocycles. The smallest absolute Gasteiger partial charge is 0.121 e. The molecule has 0 radical (unpaired) electrons. The molecule has 106 valence electrons. The Morgan fingerprint density at radius 2 is 2.26 bits per heavy atom. The van der Waals surface area contributed by atoms with Gasteiger partial charge in [0.15, 0.2) is 0 Å². The van der Waals surface area contributed by atoms with Gasteiger partial charge in [0.2, 0.25) is 0 Å². The second kappa shape index (κ2) is 5.27.